The van der Waals surface area contributed by atoms with E-state index >= 15 is 0 Å². The number of hydrogen-bond donors (Lipinski definition) is 0. The van der Waals surface area contributed by atoms with Crippen molar-refractivity contribution in [2.24, 2.45) is 0 Å². The van der Waals surface area contributed by atoms with E-state index in [0.29, 0.717) is 6.61 Å². The lowest BCUT2D eigenvalue weighted by molar-refractivity contribution is -0.109. The monoisotopic (exact) mass is 164 g/mol. The van der Waals surface area contributed by atoms with Gasteiger partial charge in [0.2, 0.25) is 5.78 Å². The Balaban J connectivity index is 3.83. The fourth-order valence-corrected chi connectivity index (χ4v) is 0.491. The molecule has 0 bridgehead atoms. The molecule has 2 nitrogen and oxygen atoms in total. The fraction of sp³-hybridized carbons (Fsp3) is 0.300. The highest BCUT2D eigenvalue weighted by Gasteiger charge is 1.83. The molecule has 0 amide bonds. The number of methoxy groups -OCH3 is 1. The van der Waals surface area contributed by atoms with E-state index in [2.05, 4.69) is 16.6 Å². The molecule has 0 fully saturated rings. The highest BCUT2D eigenvalue weighted by Crippen LogP contribution is 1.78. The molecule has 64 valence electrons. The van der Waals surface area contributed by atoms with Crippen LogP contribution < -0.4 is 0 Å². The fourth-order valence-electron chi connectivity index (χ4n) is 0.491. The first-order chi connectivity index (χ1) is 5.81. The van der Waals surface area contributed by atoms with Crippen LogP contribution >= 0.6 is 0 Å². The first kappa shape index (κ1) is 10.7. The molecule has 2 heteroatoms. The van der Waals surface area contributed by atoms with E-state index in [1.165, 1.54) is 13.2 Å². The van der Waals surface area contributed by atoms with E-state index in [4.69, 9.17) is 0 Å². The third kappa shape index (κ3) is 6.79. The molecule has 0 heterocycles. The molecule has 0 aromatic heterocycles. The lowest BCUT2D eigenvalue weighted by Crippen LogP contribution is -1.88. The van der Waals surface area contributed by atoms with E-state index in [1.54, 1.807) is 12.2 Å². The van der Waals surface area contributed by atoms with E-state index in [9.17, 15) is 4.79 Å². The molecule has 0 saturated heterocycles. The van der Waals surface area contributed by atoms with E-state index in [-0.39, 0.29) is 5.78 Å². The molecule has 0 radical (unpaired) electrons. The van der Waals surface area contributed by atoms with Gasteiger partial charge in [-0.3, -0.25) is 4.79 Å². The van der Waals surface area contributed by atoms with Gasteiger partial charge in [0.1, 0.15) is 6.61 Å². The Bertz CT molecular complexity index is 238. The Hall–Kier alpha value is -1.33. The third-order valence-corrected chi connectivity index (χ3v) is 0.979. The zero-order chi connectivity index (χ0) is 9.23. The first-order valence-electron chi connectivity index (χ1n) is 3.62. The molecule has 0 aliphatic heterocycles. The SMILES string of the molecule is C/C=C/C=C/C(=O)C#CCOC. The summed E-state index contributed by atoms with van der Waals surface area (Å²) in [4.78, 5) is 10.8. The summed E-state index contributed by atoms with van der Waals surface area (Å²) >= 11 is 0. The first-order valence-corrected chi connectivity index (χ1v) is 3.62. The average molecular weight is 164 g/mol. The second kappa shape index (κ2) is 7.77. The molecule has 0 aromatic rings. The summed E-state index contributed by atoms with van der Waals surface area (Å²) < 4.78 is 4.65. The van der Waals surface area contributed by atoms with Crippen LogP contribution in [0, 0.1) is 11.8 Å². The highest BCUT2D eigenvalue weighted by molar-refractivity contribution is 6.04. The number of ketones is 1. The van der Waals surface area contributed by atoms with Crippen LogP contribution in [-0.4, -0.2) is 19.5 Å². The molecule has 0 N–H and O–H groups in total. The van der Waals surface area contributed by atoms with Crippen molar-refractivity contribution in [2.75, 3.05) is 13.7 Å². The Morgan fingerprint density at radius 3 is 2.83 bits per heavy atom. The van der Waals surface area contributed by atoms with Crippen molar-refractivity contribution < 1.29 is 9.53 Å². The molecule has 0 unspecified atom stereocenters. The molecule has 12 heavy (non-hydrogen) atoms. The average Bonchev–Trinajstić information content (AvgIpc) is 2.06. The number of allylic oxidation sites excluding steroid dienone is 4. The van der Waals surface area contributed by atoms with Crippen molar-refractivity contribution in [1.29, 1.82) is 0 Å². The van der Waals surface area contributed by atoms with Gasteiger partial charge in [-0.05, 0) is 18.9 Å². The van der Waals surface area contributed by atoms with Crippen LogP contribution in [0.1, 0.15) is 6.92 Å². The molecular formula is C10H12O2. The number of carbonyl (C=O) groups excluding carboxylic acids is 1. The van der Waals surface area contributed by atoms with Crippen molar-refractivity contribution in [3.63, 3.8) is 0 Å². The van der Waals surface area contributed by atoms with Crippen LogP contribution in [0.3, 0.4) is 0 Å². The zero-order valence-corrected chi connectivity index (χ0v) is 7.33. The maximum atomic E-state index is 10.8. The topological polar surface area (TPSA) is 26.3 Å². The molecule has 0 rings (SSSR count). The summed E-state index contributed by atoms with van der Waals surface area (Å²) in [6.07, 6.45) is 6.69. The third-order valence-electron chi connectivity index (χ3n) is 0.979. The van der Waals surface area contributed by atoms with Gasteiger partial charge in [-0.25, -0.2) is 0 Å². The maximum absolute atomic E-state index is 10.8. The lowest BCUT2D eigenvalue weighted by atomic mass is 10.3. The van der Waals surface area contributed by atoms with Gasteiger partial charge in [0.25, 0.3) is 0 Å². The Morgan fingerprint density at radius 2 is 2.25 bits per heavy atom. The molecule has 0 spiro atoms. The van der Waals surface area contributed by atoms with Gasteiger partial charge < -0.3 is 4.74 Å². The second-order valence-corrected chi connectivity index (χ2v) is 1.98. The Labute approximate surface area is 72.9 Å². The summed E-state index contributed by atoms with van der Waals surface area (Å²) in [5.74, 6) is 4.77. The Kier molecular flexibility index (Phi) is 6.91. The van der Waals surface area contributed by atoms with Crippen molar-refractivity contribution in [1.82, 2.24) is 0 Å². The minimum atomic E-state index is -0.204. The van der Waals surface area contributed by atoms with Gasteiger partial charge in [0.05, 0.1) is 0 Å². The number of ether oxygens (including phenoxy) is 1. The van der Waals surface area contributed by atoms with Gasteiger partial charge in [0, 0.05) is 7.11 Å². The molecule has 0 atom stereocenters. The van der Waals surface area contributed by atoms with Crippen LogP contribution in [0.25, 0.3) is 0 Å². The predicted molar refractivity (Wildman–Crippen MR) is 48.6 cm³/mol. The van der Waals surface area contributed by atoms with Gasteiger partial charge in [-0.2, -0.15) is 0 Å². The highest BCUT2D eigenvalue weighted by atomic mass is 16.5. The Morgan fingerprint density at radius 1 is 1.50 bits per heavy atom. The van der Waals surface area contributed by atoms with Gasteiger partial charge >= 0.3 is 0 Å². The summed E-state index contributed by atoms with van der Waals surface area (Å²) in [5.41, 5.74) is 0. The summed E-state index contributed by atoms with van der Waals surface area (Å²) in [6, 6.07) is 0. The quantitative estimate of drug-likeness (QED) is 0.272. The van der Waals surface area contributed by atoms with Crippen LogP contribution in [-0.2, 0) is 9.53 Å². The standard InChI is InChI=1S/C10H12O2/c1-3-4-5-7-10(11)8-6-9-12-2/h3-5,7H,9H2,1-2H3/b4-3+,7-5+. The van der Waals surface area contributed by atoms with Crippen molar-refractivity contribution in [3.05, 3.63) is 24.3 Å². The predicted octanol–water partition coefficient (Wildman–Crippen LogP) is 1.34. The van der Waals surface area contributed by atoms with E-state index in [0.717, 1.165) is 0 Å². The van der Waals surface area contributed by atoms with Gasteiger partial charge in [0.15, 0.2) is 0 Å². The van der Waals surface area contributed by atoms with Crippen LogP contribution in [0.4, 0.5) is 0 Å². The smallest absolute Gasteiger partial charge is 0.228 e. The largest absolute Gasteiger partial charge is 0.372 e. The van der Waals surface area contributed by atoms with E-state index in [1.807, 2.05) is 13.0 Å². The summed E-state index contributed by atoms with van der Waals surface area (Å²) in [7, 11) is 1.54. The van der Waals surface area contributed by atoms with Crippen LogP contribution in [0.15, 0.2) is 24.3 Å². The van der Waals surface area contributed by atoms with Crippen molar-refractivity contribution >= 4 is 5.78 Å². The summed E-state index contributed by atoms with van der Waals surface area (Å²) in [6.45, 7) is 2.18. The molecule has 0 aromatic carbocycles. The van der Waals surface area contributed by atoms with Gasteiger partial charge in [-0.1, -0.05) is 24.1 Å². The zero-order valence-electron chi connectivity index (χ0n) is 7.33. The molecule has 0 aliphatic carbocycles. The van der Waals surface area contributed by atoms with Crippen LogP contribution in [0.5, 0.6) is 0 Å². The maximum Gasteiger partial charge on any atom is 0.228 e. The number of carbonyl (C=O) groups is 1. The van der Waals surface area contributed by atoms with Gasteiger partial charge in [-0.15, -0.1) is 0 Å². The minimum Gasteiger partial charge on any atom is -0.372 e. The molecular weight excluding hydrogens is 152 g/mol. The minimum absolute atomic E-state index is 0.204. The second-order valence-electron chi connectivity index (χ2n) is 1.98. The normalized spacial score (nSPS) is 10.2. The van der Waals surface area contributed by atoms with E-state index < -0.39 is 0 Å². The summed E-state index contributed by atoms with van der Waals surface area (Å²) in [5, 5.41) is 0. The molecule has 0 saturated carbocycles. The van der Waals surface area contributed by atoms with Crippen molar-refractivity contribution in [3.8, 4) is 11.8 Å². The molecule has 0 aliphatic rings. The number of hydrogen-bond acceptors (Lipinski definition) is 2. The van der Waals surface area contributed by atoms with Crippen molar-refractivity contribution in [2.45, 2.75) is 6.92 Å². The van der Waals surface area contributed by atoms with Crippen LogP contribution in [0.2, 0.25) is 0 Å². The lowest BCUT2D eigenvalue weighted by Gasteiger charge is -1.80. The number of rotatable bonds is 3.